The van der Waals surface area contributed by atoms with E-state index in [-0.39, 0.29) is 11.9 Å². The third-order valence-electron chi connectivity index (χ3n) is 3.65. The van der Waals surface area contributed by atoms with Crippen LogP contribution >= 0.6 is 0 Å². The van der Waals surface area contributed by atoms with E-state index in [0.29, 0.717) is 32.2 Å². The van der Waals surface area contributed by atoms with Crippen molar-refractivity contribution in [1.82, 2.24) is 4.90 Å². The van der Waals surface area contributed by atoms with Crippen LogP contribution in [0.5, 0.6) is 0 Å². The molecule has 0 aliphatic carbocycles. The number of para-hydroxylation sites is 1. The average molecular weight is 276 g/mol. The molecule has 2 rings (SSSR count). The molecule has 110 valence electrons. The molecule has 1 atom stereocenters. The summed E-state index contributed by atoms with van der Waals surface area (Å²) in [7, 11) is 0. The van der Waals surface area contributed by atoms with E-state index in [9.17, 15) is 4.79 Å². The summed E-state index contributed by atoms with van der Waals surface area (Å²) in [5.74, 6) is 0.580. The molecule has 1 amide bonds. The lowest BCUT2D eigenvalue weighted by Crippen LogP contribution is -2.47. The summed E-state index contributed by atoms with van der Waals surface area (Å²) < 4.78 is 5.28. The van der Waals surface area contributed by atoms with Crippen molar-refractivity contribution in [2.75, 3.05) is 31.6 Å². The number of hydrogen-bond acceptors (Lipinski definition) is 3. The molecule has 1 aliphatic rings. The van der Waals surface area contributed by atoms with Crippen LogP contribution in [0.15, 0.2) is 24.3 Å². The largest absolute Gasteiger partial charge is 0.378 e. The standard InChI is InChI=1S/C16H24N2O2/c1-12(2)14-6-4-5-7-15(14)17-13(3)16(19)18-8-10-20-11-9-18/h4-7,12-13,17H,8-11H2,1-3H3. The van der Waals surface area contributed by atoms with Gasteiger partial charge in [-0.05, 0) is 24.5 Å². The number of nitrogens with one attached hydrogen (secondary N) is 1. The summed E-state index contributed by atoms with van der Waals surface area (Å²) in [5, 5.41) is 3.36. The van der Waals surface area contributed by atoms with Gasteiger partial charge in [-0.2, -0.15) is 0 Å². The van der Waals surface area contributed by atoms with Crippen molar-refractivity contribution in [3.63, 3.8) is 0 Å². The van der Waals surface area contributed by atoms with E-state index in [1.165, 1.54) is 5.56 Å². The van der Waals surface area contributed by atoms with E-state index < -0.39 is 0 Å². The minimum atomic E-state index is -0.215. The molecule has 4 nitrogen and oxygen atoms in total. The van der Waals surface area contributed by atoms with E-state index in [1.54, 1.807) is 0 Å². The molecular formula is C16H24N2O2. The van der Waals surface area contributed by atoms with Gasteiger partial charge in [0.05, 0.1) is 13.2 Å². The maximum absolute atomic E-state index is 12.4. The fraction of sp³-hybridized carbons (Fsp3) is 0.562. The van der Waals surface area contributed by atoms with Crippen LogP contribution in [0.3, 0.4) is 0 Å². The summed E-state index contributed by atoms with van der Waals surface area (Å²) in [6.45, 7) is 8.91. The Balaban J connectivity index is 2.03. The minimum Gasteiger partial charge on any atom is -0.378 e. The van der Waals surface area contributed by atoms with Crippen molar-refractivity contribution in [3.8, 4) is 0 Å². The van der Waals surface area contributed by atoms with E-state index in [0.717, 1.165) is 5.69 Å². The first-order chi connectivity index (χ1) is 9.59. The number of ether oxygens (including phenoxy) is 1. The second-order valence-electron chi connectivity index (χ2n) is 5.55. The highest BCUT2D eigenvalue weighted by Gasteiger charge is 2.22. The molecule has 1 unspecified atom stereocenters. The summed E-state index contributed by atoms with van der Waals surface area (Å²) >= 11 is 0. The summed E-state index contributed by atoms with van der Waals surface area (Å²) in [4.78, 5) is 14.3. The van der Waals surface area contributed by atoms with Crippen LogP contribution in [0.2, 0.25) is 0 Å². The molecule has 0 spiro atoms. The second kappa shape index (κ2) is 6.75. The Morgan fingerprint density at radius 1 is 1.20 bits per heavy atom. The van der Waals surface area contributed by atoms with Crippen molar-refractivity contribution in [1.29, 1.82) is 0 Å². The number of amides is 1. The van der Waals surface area contributed by atoms with Crippen LogP contribution in [0.4, 0.5) is 5.69 Å². The lowest BCUT2D eigenvalue weighted by Gasteiger charge is -2.30. The lowest BCUT2D eigenvalue weighted by atomic mass is 10.0. The van der Waals surface area contributed by atoms with Gasteiger partial charge in [-0.1, -0.05) is 32.0 Å². The Hall–Kier alpha value is -1.55. The molecule has 4 heteroatoms. The quantitative estimate of drug-likeness (QED) is 0.918. The molecule has 0 aromatic heterocycles. The average Bonchev–Trinajstić information content (AvgIpc) is 2.47. The summed E-state index contributed by atoms with van der Waals surface area (Å²) in [5.41, 5.74) is 2.30. The van der Waals surface area contributed by atoms with Gasteiger partial charge in [0, 0.05) is 18.8 Å². The molecule has 1 N–H and O–H groups in total. The van der Waals surface area contributed by atoms with Crippen molar-refractivity contribution < 1.29 is 9.53 Å². The van der Waals surface area contributed by atoms with E-state index in [1.807, 2.05) is 30.0 Å². The predicted octanol–water partition coefficient (Wildman–Crippen LogP) is 2.47. The van der Waals surface area contributed by atoms with Gasteiger partial charge in [-0.25, -0.2) is 0 Å². The third-order valence-corrected chi connectivity index (χ3v) is 3.65. The molecule has 0 saturated carbocycles. The molecule has 1 aromatic carbocycles. The zero-order chi connectivity index (χ0) is 14.5. The molecule has 1 aromatic rings. The smallest absolute Gasteiger partial charge is 0.244 e. The van der Waals surface area contributed by atoms with Gasteiger partial charge in [-0.15, -0.1) is 0 Å². The Morgan fingerprint density at radius 2 is 1.85 bits per heavy atom. The summed E-state index contributed by atoms with van der Waals surface area (Å²) in [6.07, 6.45) is 0. The molecule has 0 bridgehead atoms. The fourth-order valence-electron chi connectivity index (χ4n) is 2.48. The third kappa shape index (κ3) is 3.51. The van der Waals surface area contributed by atoms with E-state index >= 15 is 0 Å². The maximum atomic E-state index is 12.4. The predicted molar refractivity (Wildman–Crippen MR) is 81.0 cm³/mol. The monoisotopic (exact) mass is 276 g/mol. The first-order valence-electron chi connectivity index (χ1n) is 7.31. The number of anilines is 1. The lowest BCUT2D eigenvalue weighted by molar-refractivity contribution is -0.135. The number of morpholine rings is 1. The van der Waals surface area contributed by atoms with Gasteiger partial charge in [0.15, 0.2) is 0 Å². The number of nitrogens with zero attached hydrogens (tertiary/aromatic N) is 1. The fourth-order valence-corrected chi connectivity index (χ4v) is 2.48. The number of rotatable bonds is 4. The van der Waals surface area contributed by atoms with Crippen LogP contribution in [0, 0.1) is 0 Å². The van der Waals surface area contributed by atoms with Crippen molar-refractivity contribution in [2.24, 2.45) is 0 Å². The first kappa shape index (κ1) is 14.9. The number of carbonyl (C=O) groups is 1. The Morgan fingerprint density at radius 3 is 2.50 bits per heavy atom. The highest BCUT2D eigenvalue weighted by molar-refractivity contribution is 5.84. The van der Waals surface area contributed by atoms with Gasteiger partial charge < -0.3 is 15.0 Å². The zero-order valence-electron chi connectivity index (χ0n) is 12.6. The Labute approximate surface area is 121 Å². The minimum absolute atomic E-state index is 0.145. The van der Waals surface area contributed by atoms with Crippen LogP contribution < -0.4 is 5.32 Å². The van der Waals surface area contributed by atoms with Gasteiger partial charge >= 0.3 is 0 Å². The number of carbonyl (C=O) groups excluding carboxylic acids is 1. The molecule has 1 fully saturated rings. The van der Waals surface area contributed by atoms with Crippen molar-refractivity contribution in [3.05, 3.63) is 29.8 Å². The molecule has 0 radical (unpaired) electrons. The second-order valence-corrected chi connectivity index (χ2v) is 5.55. The Bertz CT molecular complexity index is 454. The van der Waals surface area contributed by atoms with Crippen LogP contribution in [0.1, 0.15) is 32.3 Å². The van der Waals surface area contributed by atoms with E-state index in [2.05, 4.69) is 25.2 Å². The molecular weight excluding hydrogens is 252 g/mol. The molecule has 1 saturated heterocycles. The highest BCUT2D eigenvalue weighted by atomic mass is 16.5. The van der Waals surface area contributed by atoms with Gasteiger partial charge in [0.1, 0.15) is 6.04 Å². The van der Waals surface area contributed by atoms with E-state index in [4.69, 9.17) is 4.74 Å². The van der Waals surface area contributed by atoms with Crippen molar-refractivity contribution >= 4 is 11.6 Å². The van der Waals surface area contributed by atoms with Gasteiger partial charge in [0.2, 0.25) is 5.91 Å². The number of benzene rings is 1. The SMILES string of the molecule is CC(Nc1ccccc1C(C)C)C(=O)N1CCOCC1. The number of hydrogen-bond donors (Lipinski definition) is 1. The topological polar surface area (TPSA) is 41.6 Å². The Kier molecular flexibility index (Phi) is 5.01. The van der Waals surface area contributed by atoms with Gasteiger partial charge in [0.25, 0.3) is 0 Å². The van der Waals surface area contributed by atoms with Crippen LogP contribution in [0.25, 0.3) is 0 Å². The molecule has 20 heavy (non-hydrogen) atoms. The zero-order valence-corrected chi connectivity index (χ0v) is 12.6. The van der Waals surface area contributed by atoms with Gasteiger partial charge in [-0.3, -0.25) is 4.79 Å². The highest BCUT2D eigenvalue weighted by Crippen LogP contribution is 2.24. The first-order valence-corrected chi connectivity index (χ1v) is 7.31. The molecule has 1 aliphatic heterocycles. The van der Waals surface area contributed by atoms with Crippen molar-refractivity contribution in [2.45, 2.75) is 32.7 Å². The van der Waals surface area contributed by atoms with Crippen LogP contribution in [-0.4, -0.2) is 43.2 Å². The van der Waals surface area contributed by atoms with Crippen LogP contribution in [-0.2, 0) is 9.53 Å². The normalized spacial score (nSPS) is 17.1. The molecule has 1 heterocycles. The maximum Gasteiger partial charge on any atom is 0.244 e. The summed E-state index contributed by atoms with van der Waals surface area (Å²) in [6, 6.07) is 7.97.